The summed E-state index contributed by atoms with van der Waals surface area (Å²) in [6.07, 6.45) is 1.93. The molecule has 0 bridgehead atoms. The predicted octanol–water partition coefficient (Wildman–Crippen LogP) is 4.34. The Morgan fingerprint density at radius 2 is 1.83 bits per heavy atom. The van der Waals surface area contributed by atoms with Gasteiger partial charge in [0.1, 0.15) is 5.75 Å². The smallest absolute Gasteiger partial charge is 0.142 e. The second-order valence-corrected chi connectivity index (χ2v) is 6.12. The first kappa shape index (κ1) is 17.4. The molecule has 0 aromatic heterocycles. The largest absolute Gasteiger partial charge is 0.491 e. The van der Waals surface area contributed by atoms with E-state index >= 15 is 0 Å². The van der Waals surface area contributed by atoms with Crippen molar-refractivity contribution < 1.29 is 4.74 Å². The zero-order valence-corrected chi connectivity index (χ0v) is 14.4. The van der Waals surface area contributed by atoms with Crippen LogP contribution < -0.4 is 15.8 Å². The molecule has 124 valence electrons. The molecule has 0 aliphatic heterocycles. The molecule has 0 saturated heterocycles. The molecule has 0 amide bonds. The third-order valence-corrected chi connectivity index (χ3v) is 3.91. The fourth-order valence-electron chi connectivity index (χ4n) is 2.75. The second kappa shape index (κ2) is 8.59. The summed E-state index contributed by atoms with van der Waals surface area (Å²) in [5.74, 6) is 0.786. The van der Waals surface area contributed by atoms with Gasteiger partial charge in [-0.1, -0.05) is 43.3 Å². The third-order valence-electron chi connectivity index (χ3n) is 3.91. The zero-order valence-electron chi connectivity index (χ0n) is 14.4. The number of nitrogen functional groups attached to an aromatic ring is 1. The van der Waals surface area contributed by atoms with Crippen LogP contribution in [0, 0.1) is 0 Å². The van der Waals surface area contributed by atoms with Gasteiger partial charge in [-0.15, -0.1) is 0 Å². The van der Waals surface area contributed by atoms with E-state index in [0.29, 0.717) is 18.7 Å². The molecular weight excluding hydrogens is 284 g/mol. The van der Waals surface area contributed by atoms with Crippen LogP contribution in [0.2, 0.25) is 0 Å². The predicted molar refractivity (Wildman–Crippen MR) is 97.8 cm³/mol. The molecule has 23 heavy (non-hydrogen) atoms. The van der Waals surface area contributed by atoms with Crippen LogP contribution in [0.1, 0.15) is 44.4 Å². The summed E-state index contributed by atoms with van der Waals surface area (Å²) in [6, 6.07) is 17.3. The van der Waals surface area contributed by atoms with Gasteiger partial charge in [-0.3, -0.25) is 0 Å². The molecule has 0 aliphatic carbocycles. The molecule has 3 N–H and O–H groups in total. The Labute approximate surface area is 139 Å². The maximum absolute atomic E-state index is 6.08. The highest BCUT2D eigenvalue weighted by Crippen LogP contribution is 2.23. The Hall–Kier alpha value is -2.00. The van der Waals surface area contributed by atoms with Crippen molar-refractivity contribution in [3.63, 3.8) is 0 Å². The summed E-state index contributed by atoms with van der Waals surface area (Å²) >= 11 is 0. The number of ether oxygens (including phenoxy) is 1. The number of benzene rings is 2. The molecule has 2 atom stereocenters. The molecular formula is C20H28N2O. The third kappa shape index (κ3) is 5.29. The average Bonchev–Trinajstić information content (AvgIpc) is 2.55. The van der Waals surface area contributed by atoms with Crippen molar-refractivity contribution in [2.75, 3.05) is 12.3 Å². The van der Waals surface area contributed by atoms with Gasteiger partial charge in [0.05, 0.1) is 12.3 Å². The molecule has 2 aromatic carbocycles. The van der Waals surface area contributed by atoms with Crippen molar-refractivity contribution in [3.8, 4) is 5.75 Å². The first-order valence-corrected chi connectivity index (χ1v) is 8.42. The SMILES string of the molecule is CCCOc1ccc(CC(C)NC(C)c2ccccc2)cc1N. The minimum atomic E-state index is 0.329. The number of hydrogen-bond donors (Lipinski definition) is 2. The van der Waals surface area contributed by atoms with Crippen LogP contribution in [0.25, 0.3) is 0 Å². The molecule has 0 heterocycles. The monoisotopic (exact) mass is 312 g/mol. The van der Waals surface area contributed by atoms with Gasteiger partial charge in [0.15, 0.2) is 0 Å². The maximum atomic E-state index is 6.08. The maximum Gasteiger partial charge on any atom is 0.142 e. The zero-order chi connectivity index (χ0) is 16.7. The first-order valence-electron chi connectivity index (χ1n) is 8.42. The van der Waals surface area contributed by atoms with E-state index in [1.165, 1.54) is 11.1 Å². The Morgan fingerprint density at radius 1 is 1.09 bits per heavy atom. The van der Waals surface area contributed by atoms with E-state index in [-0.39, 0.29) is 0 Å². The molecule has 2 aromatic rings. The lowest BCUT2D eigenvalue weighted by Gasteiger charge is -2.21. The molecule has 3 heteroatoms. The van der Waals surface area contributed by atoms with Crippen molar-refractivity contribution in [2.24, 2.45) is 0 Å². The van der Waals surface area contributed by atoms with Gasteiger partial charge in [0.25, 0.3) is 0 Å². The van der Waals surface area contributed by atoms with Crippen LogP contribution in [0.15, 0.2) is 48.5 Å². The van der Waals surface area contributed by atoms with Crippen LogP contribution >= 0.6 is 0 Å². The van der Waals surface area contributed by atoms with E-state index in [4.69, 9.17) is 10.5 Å². The van der Waals surface area contributed by atoms with Gasteiger partial charge in [0, 0.05) is 12.1 Å². The summed E-state index contributed by atoms with van der Waals surface area (Å²) in [5, 5.41) is 3.64. The van der Waals surface area contributed by atoms with E-state index in [0.717, 1.165) is 24.3 Å². The molecule has 3 nitrogen and oxygen atoms in total. The summed E-state index contributed by atoms with van der Waals surface area (Å²) in [4.78, 5) is 0. The number of rotatable bonds is 8. The fraction of sp³-hybridized carbons (Fsp3) is 0.400. The van der Waals surface area contributed by atoms with Crippen molar-refractivity contribution in [1.82, 2.24) is 5.32 Å². The Kier molecular flexibility index (Phi) is 6.48. The average molecular weight is 312 g/mol. The van der Waals surface area contributed by atoms with E-state index in [2.05, 4.69) is 56.4 Å². The highest BCUT2D eigenvalue weighted by atomic mass is 16.5. The van der Waals surface area contributed by atoms with Gasteiger partial charge in [-0.05, 0) is 49.9 Å². The number of hydrogen-bond acceptors (Lipinski definition) is 3. The van der Waals surface area contributed by atoms with E-state index in [1.807, 2.05) is 18.2 Å². The Bertz CT molecular complexity index is 598. The van der Waals surface area contributed by atoms with Gasteiger partial charge in [0.2, 0.25) is 0 Å². The van der Waals surface area contributed by atoms with Crippen molar-refractivity contribution in [1.29, 1.82) is 0 Å². The number of anilines is 1. The lowest BCUT2D eigenvalue weighted by molar-refractivity contribution is 0.319. The van der Waals surface area contributed by atoms with Crippen molar-refractivity contribution in [3.05, 3.63) is 59.7 Å². The summed E-state index contributed by atoms with van der Waals surface area (Å²) in [6.45, 7) is 7.20. The lowest BCUT2D eigenvalue weighted by atomic mass is 10.0. The second-order valence-electron chi connectivity index (χ2n) is 6.12. The van der Waals surface area contributed by atoms with Crippen LogP contribution in [0.5, 0.6) is 5.75 Å². The van der Waals surface area contributed by atoms with E-state index in [9.17, 15) is 0 Å². The van der Waals surface area contributed by atoms with Gasteiger partial charge >= 0.3 is 0 Å². The van der Waals surface area contributed by atoms with Crippen LogP contribution in [0.4, 0.5) is 5.69 Å². The first-order chi connectivity index (χ1) is 11.1. The molecule has 0 radical (unpaired) electrons. The van der Waals surface area contributed by atoms with Crippen LogP contribution in [-0.2, 0) is 6.42 Å². The lowest BCUT2D eigenvalue weighted by Crippen LogP contribution is -2.30. The van der Waals surface area contributed by atoms with E-state index < -0.39 is 0 Å². The minimum absolute atomic E-state index is 0.329. The summed E-state index contributed by atoms with van der Waals surface area (Å²) in [5.41, 5.74) is 9.34. The fourth-order valence-corrected chi connectivity index (χ4v) is 2.75. The molecule has 0 fully saturated rings. The summed E-state index contributed by atoms with van der Waals surface area (Å²) in [7, 11) is 0. The molecule has 2 unspecified atom stereocenters. The van der Waals surface area contributed by atoms with Crippen molar-refractivity contribution >= 4 is 5.69 Å². The quantitative estimate of drug-likeness (QED) is 0.713. The van der Waals surface area contributed by atoms with Gasteiger partial charge in [-0.2, -0.15) is 0 Å². The highest BCUT2D eigenvalue weighted by molar-refractivity contribution is 5.54. The molecule has 0 aliphatic rings. The van der Waals surface area contributed by atoms with Crippen LogP contribution in [0.3, 0.4) is 0 Å². The van der Waals surface area contributed by atoms with Gasteiger partial charge in [-0.25, -0.2) is 0 Å². The molecule has 0 spiro atoms. The van der Waals surface area contributed by atoms with Gasteiger partial charge < -0.3 is 15.8 Å². The molecule has 2 rings (SSSR count). The number of nitrogens with one attached hydrogen (secondary N) is 1. The normalized spacial score (nSPS) is 13.5. The topological polar surface area (TPSA) is 47.3 Å². The summed E-state index contributed by atoms with van der Waals surface area (Å²) < 4.78 is 5.63. The number of nitrogens with two attached hydrogens (primary N) is 1. The standard InChI is InChI=1S/C20H28N2O/c1-4-12-23-20-11-10-17(14-19(20)21)13-15(2)22-16(3)18-8-6-5-7-9-18/h5-11,14-16,22H,4,12-13,21H2,1-3H3. The Morgan fingerprint density at radius 3 is 2.48 bits per heavy atom. The highest BCUT2D eigenvalue weighted by Gasteiger charge is 2.11. The van der Waals surface area contributed by atoms with Crippen molar-refractivity contribution in [2.45, 2.75) is 45.7 Å². The Balaban J connectivity index is 1.92. The van der Waals surface area contributed by atoms with E-state index in [1.54, 1.807) is 0 Å². The molecule has 0 saturated carbocycles. The minimum Gasteiger partial charge on any atom is -0.491 e. The van der Waals surface area contributed by atoms with Crippen LogP contribution in [-0.4, -0.2) is 12.6 Å².